The number of anilines is 1. The molecular formula is C25H23FN2O3S. The molecule has 2 aliphatic rings. The third-order valence-electron chi connectivity index (χ3n) is 6.03. The van der Waals surface area contributed by atoms with E-state index >= 15 is 0 Å². The molecule has 32 heavy (non-hydrogen) atoms. The molecule has 0 radical (unpaired) electrons. The highest BCUT2D eigenvalue weighted by Gasteiger charge is 2.32. The zero-order chi connectivity index (χ0) is 22.2. The number of carbonyl (C=O) groups excluding carboxylic acids is 1. The smallest absolute Gasteiger partial charge is 0.232 e. The highest BCUT2D eigenvalue weighted by molar-refractivity contribution is 7.11. The number of fused-ring (bicyclic) bond motifs is 1. The summed E-state index contributed by atoms with van der Waals surface area (Å²) in [6.07, 6.45) is 1.78. The standard InChI is InChI=1S/C25H23FN2O3S/c1-16-8-13-32-23(16)14-22-24(30)19-6-7-21(29)20(25(19)31-22)15-27-9-11-28(12-10-27)18-4-2-17(26)3-5-18/h2-8,13-14,29H,9-12,15H2,1H3/b22-14-. The predicted octanol–water partition coefficient (Wildman–Crippen LogP) is 4.84. The third kappa shape index (κ3) is 3.89. The minimum Gasteiger partial charge on any atom is -0.507 e. The highest BCUT2D eigenvalue weighted by Crippen LogP contribution is 2.40. The molecule has 0 atom stereocenters. The quantitative estimate of drug-likeness (QED) is 0.577. The summed E-state index contributed by atoms with van der Waals surface area (Å²) < 4.78 is 19.2. The van der Waals surface area contributed by atoms with Crippen molar-refractivity contribution in [1.82, 2.24) is 4.90 Å². The van der Waals surface area contributed by atoms with Crippen LogP contribution in [0.1, 0.15) is 26.4 Å². The first-order valence-electron chi connectivity index (χ1n) is 10.6. The van der Waals surface area contributed by atoms with E-state index in [9.17, 15) is 14.3 Å². The van der Waals surface area contributed by atoms with E-state index in [4.69, 9.17) is 4.74 Å². The highest BCUT2D eigenvalue weighted by atomic mass is 32.1. The van der Waals surface area contributed by atoms with E-state index in [0.717, 1.165) is 42.3 Å². The van der Waals surface area contributed by atoms with Crippen molar-refractivity contribution in [1.29, 1.82) is 0 Å². The number of phenols is 1. The second-order valence-electron chi connectivity index (χ2n) is 8.09. The van der Waals surface area contributed by atoms with E-state index in [2.05, 4.69) is 9.80 Å². The summed E-state index contributed by atoms with van der Waals surface area (Å²) in [5, 5.41) is 12.5. The number of carbonyl (C=O) groups is 1. The van der Waals surface area contributed by atoms with Crippen LogP contribution in [-0.2, 0) is 6.54 Å². The van der Waals surface area contributed by atoms with Crippen molar-refractivity contribution in [2.75, 3.05) is 31.1 Å². The number of ether oxygens (including phenoxy) is 1. The number of halogens is 1. The summed E-state index contributed by atoms with van der Waals surface area (Å²) in [5.41, 5.74) is 3.22. The third-order valence-corrected chi connectivity index (χ3v) is 6.99. The Bertz CT molecular complexity index is 1190. The number of aromatic hydroxyl groups is 1. The van der Waals surface area contributed by atoms with Crippen LogP contribution in [0.4, 0.5) is 10.1 Å². The number of hydrogen-bond donors (Lipinski definition) is 1. The molecule has 0 aliphatic carbocycles. The van der Waals surface area contributed by atoms with Gasteiger partial charge in [0, 0.05) is 49.4 Å². The molecule has 3 heterocycles. The van der Waals surface area contributed by atoms with Crippen molar-refractivity contribution >= 4 is 28.9 Å². The second kappa shape index (κ2) is 8.41. The van der Waals surface area contributed by atoms with Gasteiger partial charge in [0.2, 0.25) is 5.78 Å². The van der Waals surface area contributed by atoms with Crippen LogP contribution in [0.5, 0.6) is 11.5 Å². The summed E-state index contributed by atoms with van der Waals surface area (Å²) in [6, 6.07) is 11.8. The Morgan fingerprint density at radius 2 is 1.84 bits per heavy atom. The van der Waals surface area contributed by atoms with Gasteiger partial charge < -0.3 is 14.7 Å². The molecule has 5 nitrogen and oxygen atoms in total. The molecule has 1 aromatic heterocycles. The summed E-state index contributed by atoms with van der Waals surface area (Å²) in [4.78, 5) is 18.3. The number of aryl methyl sites for hydroxylation is 1. The molecule has 1 fully saturated rings. The minimum atomic E-state index is -0.238. The number of allylic oxidation sites excluding steroid dienone is 1. The van der Waals surface area contributed by atoms with Gasteiger partial charge in [0.25, 0.3) is 0 Å². The Labute approximate surface area is 190 Å². The zero-order valence-corrected chi connectivity index (χ0v) is 18.5. The van der Waals surface area contributed by atoms with E-state index in [-0.39, 0.29) is 17.3 Å². The lowest BCUT2D eigenvalue weighted by Crippen LogP contribution is -2.46. The number of Topliss-reactive ketones (excluding diaryl/α,β-unsaturated/α-hetero) is 1. The summed E-state index contributed by atoms with van der Waals surface area (Å²) in [6.45, 7) is 5.65. The predicted molar refractivity (Wildman–Crippen MR) is 124 cm³/mol. The largest absolute Gasteiger partial charge is 0.507 e. The number of thiophene rings is 1. The van der Waals surface area contributed by atoms with Crippen LogP contribution in [-0.4, -0.2) is 42.0 Å². The normalized spacial score (nSPS) is 17.6. The van der Waals surface area contributed by atoms with Crippen LogP contribution >= 0.6 is 11.3 Å². The van der Waals surface area contributed by atoms with Crippen LogP contribution < -0.4 is 9.64 Å². The minimum absolute atomic E-state index is 0.131. The number of nitrogens with zero attached hydrogens (tertiary/aromatic N) is 2. The van der Waals surface area contributed by atoms with Crippen molar-refractivity contribution in [3.8, 4) is 11.5 Å². The summed E-state index contributed by atoms with van der Waals surface area (Å²) in [5.74, 6) is 0.481. The van der Waals surface area contributed by atoms with Gasteiger partial charge in [-0.05, 0) is 60.3 Å². The molecule has 3 aromatic rings. The average Bonchev–Trinajstić information content (AvgIpc) is 3.34. The maximum Gasteiger partial charge on any atom is 0.232 e. The Kier molecular flexibility index (Phi) is 5.45. The maximum atomic E-state index is 13.2. The van der Waals surface area contributed by atoms with E-state index in [1.807, 2.05) is 18.4 Å². The van der Waals surface area contributed by atoms with Gasteiger partial charge in [0.15, 0.2) is 5.76 Å². The van der Waals surface area contributed by atoms with E-state index < -0.39 is 0 Å². The van der Waals surface area contributed by atoms with Gasteiger partial charge in [-0.25, -0.2) is 4.39 Å². The molecule has 0 unspecified atom stereocenters. The van der Waals surface area contributed by atoms with Crippen LogP contribution in [0, 0.1) is 12.7 Å². The molecule has 7 heteroatoms. The van der Waals surface area contributed by atoms with Crippen molar-refractivity contribution in [2.24, 2.45) is 0 Å². The van der Waals surface area contributed by atoms with Gasteiger partial charge in [-0.3, -0.25) is 9.69 Å². The van der Waals surface area contributed by atoms with Gasteiger partial charge in [-0.15, -0.1) is 11.3 Å². The number of piperazine rings is 1. The lowest BCUT2D eigenvalue weighted by atomic mass is 10.0. The van der Waals surface area contributed by atoms with Crippen molar-refractivity contribution in [3.05, 3.63) is 81.0 Å². The Balaban J connectivity index is 1.32. The van der Waals surface area contributed by atoms with E-state index in [1.54, 1.807) is 41.7 Å². The first-order chi connectivity index (χ1) is 15.5. The second-order valence-corrected chi connectivity index (χ2v) is 9.03. The molecule has 0 bridgehead atoms. The first kappa shape index (κ1) is 20.7. The molecular weight excluding hydrogens is 427 g/mol. The van der Waals surface area contributed by atoms with Crippen LogP contribution in [0.25, 0.3) is 6.08 Å². The molecule has 164 valence electrons. The molecule has 0 saturated carbocycles. The Hall–Kier alpha value is -3.16. The Morgan fingerprint density at radius 3 is 2.53 bits per heavy atom. The fourth-order valence-corrected chi connectivity index (χ4v) is 4.99. The number of phenolic OH excluding ortho intramolecular Hbond substituents is 1. The summed E-state index contributed by atoms with van der Waals surface area (Å²) >= 11 is 1.56. The van der Waals surface area contributed by atoms with Gasteiger partial charge in [-0.2, -0.15) is 0 Å². The fourth-order valence-electron chi connectivity index (χ4n) is 4.14. The first-order valence-corrected chi connectivity index (χ1v) is 11.4. The van der Waals surface area contributed by atoms with E-state index in [0.29, 0.717) is 29.2 Å². The monoisotopic (exact) mass is 450 g/mol. The molecule has 2 aromatic carbocycles. The molecule has 1 saturated heterocycles. The van der Waals surface area contributed by atoms with Crippen molar-refractivity contribution in [3.63, 3.8) is 0 Å². The van der Waals surface area contributed by atoms with Gasteiger partial charge >= 0.3 is 0 Å². The molecule has 5 rings (SSSR count). The number of rotatable bonds is 4. The molecule has 2 aliphatic heterocycles. The lowest BCUT2D eigenvalue weighted by Gasteiger charge is -2.36. The SMILES string of the molecule is Cc1ccsc1/C=C1\Oc2c(ccc(O)c2CN2CCN(c3ccc(F)cc3)CC2)C1=O. The Morgan fingerprint density at radius 1 is 1.09 bits per heavy atom. The molecule has 0 amide bonds. The van der Waals surface area contributed by atoms with Gasteiger partial charge in [-0.1, -0.05) is 0 Å². The maximum absolute atomic E-state index is 13.2. The number of ketones is 1. The zero-order valence-electron chi connectivity index (χ0n) is 17.7. The van der Waals surface area contributed by atoms with Crippen LogP contribution in [0.2, 0.25) is 0 Å². The van der Waals surface area contributed by atoms with Crippen LogP contribution in [0.3, 0.4) is 0 Å². The lowest BCUT2D eigenvalue weighted by molar-refractivity contribution is 0.101. The fraction of sp³-hybridized carbons (Fsp3) is 0.240. The van der Waals surface area contributed by atoms with Gasteiger partial charge in [0.05, 0.1) is 11.1 Å². The summed E-state index contributed by atoms with van der Waals surface area (Å²) in [7, 11) is 0. The van der Waals surface area contributed by atoms with Crippen molar-refractivity contribution < 1.29 is 19.0 Å². The van der Waals surface area contributed by atoms with E-state index in [1.165, 1.54) is 12.1 Å². The van der Waals surface area contributed by atoms with Crippen LogP contribution in [0.15, 0.2) is 53.6 Å². The van der Waals surface area contributed by atoms with Gasteiger partial charge in [0.1, 0.15) is 17.3 Å². The average molecular weight is 451 g/mol. The molecule has 1 N–H and O–H groups in total. The molecule has 0 spiro atoms. The topological polar surface area (TPSA) is 53.0 Å². The number of hydrogen-bond acceptors (Lipinski definition) is 6. The van der Waals surface area contributed by atoms with Crippen molar-refractivity contribution in [2.45, 2.75) is 13.5 Å². The number of benzene rings is 2.